The van der Waals surface area contributed by atoms with Gasteiger partial charge in [0.1, 0.15) is 17.9 Å². The summed E-state index contributed by atoms with van der Waals surface area (Å²) in [7, 11) is 3.79. The molecule has 7 heteroatoms. The number of nitrogens with zero attached hydrogens (tertiary/aromatic N) is 3. The maximum atomic E-state index is 12.8. The maximum Gasteiger partial charge on any atom is 0.228 e. The van der Waals surface area contributed by atoms with Crippen LogP contribution in [0.1, 0.15) is 30.7 Å². The molecule has 0 saturated carbocycles. The molecule has 0 spiro atoms. The van der Waals surface area contributed by atoms with Crippen molar-refractivity contribution in [2.75, 3.05) is 23.9 Å². The summed E-state index contributed by atoms with van der Waals surface area (Å²) < 4.78 is 0. The number of aromatic nitrogens is 1. The first kappa shape index (κ1) is 19.6. The Balaban J connectivity index is 2.03. The highest BCUT2D eigenvalue weighted by molar-refractivity contribution is 6.42. The first-order chi connectivity index (χ1) is 12.9. The lowest BCUT2D eigenvalue weighted by atomic mass is 9.82. The molecular formula is C20H21Cl2N3O2. The largest absolute Gasteiger partial charge is 0.363 e. The molecule has 27 heavy (non-hydrogen) atoms. The number of hydrogen-bond acceptors (Lipinski definition) is 4. The van der Waals surface area contributed by atoms with Crippen molar-refractivity contribution in [2.45, 2.75) is 31.2 Å². The van der Waals surface area contributed by atoms with Gasteiger partial charge in [-0.05, 0) is 36.2 Å². The molecule has 2 aromatic rings. The van der Waals surface area contributed by atoms with Crippen LogP contribution in [0.15, 0.2) is 36.4 Å². The van der Waals surface area contributed by atoms with Crippen LogP contribution in [0.4, 0.5) is 11.6 Å². The Morgan fingerprint density at radius 2 is 2.00 bits per heavy atom. The monoisotopic (exact) mass is 405 g/mol. The van der Waals surface area contributed by atoms with E-state index in [1.54, 1.807) is 17.0 Å². The molecule has 0 bridgehead atoms. The molecule has 1 unspecified atom stereocenters. The smallest absolute Gasteiger partial charge is 0.228 e. The quantitative estimate of drug-likeness (QED) is 0.694. The predicted octanol–water partition coefficient (Wildman–Crippen LogP) is 4.32. The van der Waals surface area contributed by atoms with Gasteiger partial charge >= 0.3 is 0 Å². The minimum Gasteiger partial charge on any atom is -0.363 e. The van der Waals surface area contributed by atoms with E-state index in [2.05, 4.69) is 4.98 Å². The zero-order valence-electron chi connectivity index (χ0n) is 15.2. The molecule has 1 saturated heterocycles. The molecule has 3 rings (SSSR count). The lowest BCUT2D eigenvalue weighted by Crippen LogP contribution is -2.48. The third-order valence-electron chi connectivity index (χ3n) is 4.87. The molecule has 0 N–H and O–H groups in total. The van der Waals surface area contributed by atoms with E-state index in [1.807, 2.05) is 43.3 Å². The third kappa shape index (κ3) is 4.09. The fourth-order valence-corrected chi connectivity index (χ4v) is 3.86. The highest BCUT2D eigenvalue weighted by atomic mass is 35.5. The summed E-state index contributed by atoms with van der Waals surface area (Å²) in [5.74, 6) is 1.26. The van der Waals surface area contributed by atoms with Crippen molar-refractivity contribution in [2.24, 2.45) is 0 Å². The van der Waals surface area contributed by atoms with E-state index in [-0.39, 0.29) is 24.3 Å². The molecule has 2 heterocycles. The van der Waals surface area contributed by atoms with E-state index in [1.165, 1.54) is 0 Å². The minimum atomic E-state index is -0.314. The second-order valence-corrected chi connectivity index (χ2v) is 7.61. The number of halogens is 2. The number of anilines is 2. The van der Waals surface area contributed by atoms with E-state index < -0.39 is 0 Å². The van der Waals surface area contributed by atoms with Crippen molar-refractivity contribution < 1.29 is 9.59 Å². The predicted molar refractivity (Wildman–Crippen MR) is 109 cm³/mol. The van der Waals surface area contributed by atoms with Gasteiger partial charge in [0, 0.05) is 32.9 Å². The highest BCUT2D eigenvalue weighted by Crippen LogP contribution is 2.39. The average Bonchev–Trinajstić information content (AvgIpc) is 2.65. The summed E-state index contributed by atoms with van der Waals surface area (Å²) in [4.78, 5) is 32.3. The van der Waals surface area contributed by atoms with Crippen LogP contribution in [0.2, 0.25) is 10.0 Å². The van der Waals surface area contributed by atoms with Crippen LogP contribution < -0.4 is 9.80 Å². The Morgan fingerprint density at radius 1 is 1.22 bits per heavy atom. The van der Waals surface area contributed by atoms with Crippen molar-refractivity contribution in [3.05, 3.63) is 52.0 Å². The highest BCUT2D eigenvalue weighted by Gasteiger charge is 2.38. The van der Waals surface area contributed by atoms with Crippen LogP contribution in [0, 0.1) is 0 Å². The normalized spacial score (nSPS) is 19.9. The summed E-state index contributed by atoms with van der Waals surface area (Å²) in [5.41, 5.74) is 0.970. The lowest BCUT2D eigenvalue weighted by Gasteiger charge is -2.40. The van der Waals surface area contributed by atoms with Gasteiger partial charge in [0.25, 0.3) is 0 Å². The summed E-state index contributed by atoms with van der Waals surface area (Å²) in [6.07, 6.45) is 2.12. The Kier molecular flexibility index (Phi) is 6.02. The van der Waals surface area contributed by atoms with Crippen LogP contribution in [-0.2, 0) is 9.59 Å². The van der Waals surface area contributed by atoms with E-state index in [0.29, 0.717) is 28.7 Å². The van der Waals surface area contributed by atoms with Crippen LogP contribution in [-0.4, -0.2) is 37.3 Å². The van der Waals surface area contributed by atoms with Gasteiger partial charge in [0.05, 0.1) is 16.1 Å². The molecule has 1 aromatic carbocycles. The number of hydrogen-bond donors (Lipinski definition) is 0. The van der Waals surface area contributed by atoms with Gasteiger partial charge in [-0.25, -0.2) is 4.98 Å². The van der Waals surface area contributed by atoms with Crippen LogP contribution in [0.25, 0.3) is 0 Å². The van der Waals surface area contributed by atoms with Crippen molar-refractivity contribution in [1.82, 2.24) is 4.98 Å². The van der Waals surface area contributed by atoms with E-state index >= 15 is 0 Å². The van der Waals surface area contributed by atoms with Crippen molar-refractivity contribution in [1.29, 1.82) is 0 Å². The molecule has 5 nitrogen and oxygen atoms in total. The molecule has 1 aliphatic heterocycles. The molecule has 1 aliphatic rings. The van der Waals surface area contributed by atoms with Gasteiger partial charge in [-0.2, -0.15) is 0 Å². The Bertz CT molecular complexity index is 857. The third-order valence-corrected chi connectivity index (χ3v) is 5.61. The minimum absolute atomic E-state index is 0.0209. The van der Waals surface area contributed by atoms with Gasteiger partial charge in [-0.1, -0.05) is 35.3 Å². The summed E-state index contributed by atoms with van der Waals surface area (Å²) in [5, 5.41) is 0.951. The zero-order valence-corrected chi connectivity index (χ0v) is 16.7. The molecule has 1 amide bonds. The Morgan fingerprint density at radius 3 is 2.67 bits per heavy atom. The van der Waals surface area contributed by atoms with Crippen molar-refractivity contribution in [3.63, 3.8) is 0 Å². The van der Waals surface area contributed by atoms with Crippen LogP contribution in [0.3, 0.4) is 0 Å². The number of amides is 1. The van der Waals surface area contributed by atoms with Gasteiger partial charge in [0.15, 0.2) is 0 Å². The second kappa shape index (κ2) is 8.28. The average molecular weight is 406 g/mol. The Labute approximate surface area is 168 Å². The number of benzene rings is 1. The zero-order chi connectivity index (χ0) is 19.6. The maximum absolute atomic E-state index is 12.8. The molecular weight excluding hydrogens is 385 g/mol. The first-order valence-corrected chi connectivity index (χ1v) is 9.53. The molecule has 1 aromatic heterocycles. The second-order valence-electron chi connectivity index (χ2n) is 6.80. The number of aldehydes is 1. The Hall–Kier alpha value is -2.11. The van der Waals surface area contributed by atoms with Crippen molar-refractivity contribution >= 4 is 47.0 Å². The molecule has 1 fully saturated rings. The lowest BCUT2D eigenvalue weighted by molar-refractivity contribution is -0.120. The van der Waals surface area contributed by atoms with Crippen molar-refractivity contribution in [3.8, 4) is 0 Å². The number of rotatable bonds is 5. The number of carbonyl (C=O) groups is 2. The molecule has 0 radical (unpaired) electrons. The molecule has 142 valence electrons. The van der Waals surface area contributed by atoms with Gasteiger partial charge in [-0.3, -0.25) is 9.69 Å². The van der Waals surface area contributed by atoms with Gasteiger partial charge < -0.3 is 9.69 Å². The standard InChI is InChI=1S/C20H21Cl2N3O2/c1-24(2)18-4-3-5-19(23-18)25-17(10-11-26)14(7-9-20(25)27)13-6-8-15(21)16(22)12-13/h3-6,8,11-12,14,17H,7,9-10H2,1-2H3/t14-,17?/m1/s1. The summed E-state index contributed by atoms with van der Waals surface area (Å²) >= 11 is 12.2. The van der Waals surface area contributed by atoms with Gasteiger partial charge in [-0.15, -0.1) is 0 Å². The number of pyridine rings is 1. The first-order valence-electron chi connectivity index (χ1n) is 8.77. The molecule has 2 atom stereocenters. The summed E-state index contributed by atoms with van der Waals surface area (Å²) in [6, 6.07) is 10.7. The fraction of sp³-hybridized carbons (Fsp3) is 0.350. The molecule has 0 aliphatic carbocycles. The van der Waals surface area contributed by atoms with Crippen LogP contribution >= 0.6 is 23.2 Å². The van der Waals surface area contributed by atoms with E-state index in [4.69, 9.17) is 23.2 Å². The topological polar surface area (TPSA) is 53.5 Å². The SMILES string of the molecule is CN(C)c1cccc(N2C(=O)CC[C@H](c3ccc(Cl)c(Cl)c3)C2CC=O)n1. The number of carbonyl (C=O) groups excluding carboxylic acids is 2. The number of piperidine rings is 1. The van der Waals surface area contributed by atoms with Crippen LogP contribution in [0.5, 0.6) is 0 Å². The van der Waals surface area contributed by atoms with Gasteiger partial charge in [0.2, 0.25) is 5.91 Å². The fourth-order valence-electron chi connectivity index (χ4n) is 3.55. The van der Waals surface area contributed by atoms with E-state index in [0.717, 1.165) is 17.7 Å². The van der Waals surface area contributed by atoms with E-state index in [9.17, 15) is 9.59 Å². The summed E-state index contributed by atoms with van der Waals surface area (Å²) in [6.45, 7) is 0.